The number of rotatable bonds is 4. The molecule has 2 rings (SSSR count). The minimum absolute atomic E-state index is 0.0113. The van der Waals surface area contributed by atoms with Gasteiger partial charge in [-0.3, -0.25) is 4.79 Å². The standard InChI is InChI=1S/C14H15NOS/c1-10(8-13-9-15-11(2)17-13)14(16)12-6-4-3-5-7-12/h3-7,9-10H,8H2,1-2H3. The molecule has 88 valence electrons. The molecule has 0 bridgehead atoms. The zero-order valence-electron chi connectivity index (χ0n) is 10.0. The molecule has 1 heterocycles. The van der Waals surface area contributed by atoms with Gasteiger partial charge in [-0.1, -0.05) is 37.3 Å². The van der Waals surface area contributed by atoms with Gasteiger partial charge in [-0.05, 0) is 13.3 Å². The van der Waals surface area contributed by atoms with Crippen LogP contribution < -0.4 is 0 Å². The van der Waals surface area contributed by atoms with Crippen molar-refractivity contribution < 1.29 is 4.79 Å². The number of ketones is 1. The number of aromatic nitrogens is 1. The predicted molar refractivity (Wildman–Crippen MR) is 70.5 cm³/mol. The van der Waals surface area contributed by atoms with Crippen LogP contribution in [-0.2, 0) is 6.42 Å². The zero-order chi connectivity index (χ0) is 12.3. The molecule has 1 atom stereocenters. The van der Waals surface area contributed by atoms with Crippen molar-refractivity contribution in [1.82, 2.24) is 4.98 Å². The van der Waals surface area contributed by atoms with Crippen LogP contribution in [-0.4, -0.2) is 10.8 Å². The van der Waals surface area contributed by atoms with Gasteiger partial charge < -0.3 is 0 Å². The first-order valence-electron chi connectivity index (χ1n) is 5.67. The number of benzene rings is 1. The van der Waals surface area contributed by atoms with Crippen molar-refractivity contribution in [2.24, 2.45) is 5.92 Å². The van der Waals surface area contributed by atoms with Gasteiger partial charge in [-0.2, -0.15) is 0 Å². The number of carbonyl (C=O) groups is 1. The highest BCUT2D eigenvalue weighted by molar-refractivity contribution is 7.11. The number of hydrogen-bond donors (Lipinski definition) is 0. The molecule has 0 fully saturated rings. The molecule has 1 unspecified atom stereocenters. The van der Waals surface area contributed by atoms with Gasteiger partial charge in [0.05, 0.1) is 5.01 Å². The van der Waals surface area contributed by atoms with Crippen molar-refractivity contribution in [2.75, 3.05) is 0 Å². The molecule has 0 saturated heterocycles. The minimum Gasteiger partial charge on any atom is -0.294 e. The van der Waals surface area contributed by atoms with Crippen LogP contribution in [0, 0.1) is 12.8 Å². The molecule has 0 N–H and O–H groups in total. The summed E-state index contributed by atoms with van der Waals surface area (Å²) in [6.45, 7) is 3.96. The fourth-order valence-electron chi connectivity index (χ4n) is 1.78. The molecule has 0 amide bonds. The van der Waals surface area contributed by atoms with Gasteiger partial charge in [0.1, 0.15) is 0 Å². The number of aryl methyl sites for hydroxylation is 1. The first-order chi connectivity index (χ1) is 8.16. The normalized spacial score (nSPS) is 12.4. The monoisotopic (exact) mass is 245 g/mol. The molecule has 2 aromatic rings. The van der Waals surface area contributed by atoms with Gasteiger partial charge in [0, 0.05) is 22.6 Å². The second-order valence-corrected chi connectivity index (χ2v) is 5.50. The van der Waals surface area contributed by atoms with E-state index in [0.29, 0.717) is 0 Å². The van der Waals surface area contributed by atoms with Crippen LogP contribution in [0.4, 0.5) is 0 Å². The zero-order valence-corrected chi connectivity index (χ0v) is 10.8. The van der Waals surface area contributed by atoms with Crippen molar-refractivity contribution in [3.05, 3.63) is 52.0 Å². The van der Waals surface area contributed by atoms with E-state index in [1.807, 2.05) is 50.4 Å². The van der Waals surface area contributed by atoms with Crippen molar-refractivity contribution in [3.63, 3.8) is 0 Å². The lowest BCUT2D eigenvalue weighted by molar-refractivity contribution is 0.0930. The third-order valence-corrected chi connectivity index (χ3v) is 3.62. The topological polar surface area (TPSA) is 30.0 Å². The first-order valence-corrected chi connectivity index (χ1v) is 6.49. The van der Waals surface area contributed by atoms with E-state index in [1.54, 1.807) is 11.3 Å². The predicted octanol–water partition coefficient (Wildman–Crippen LogP) is 3.51. The summed E-state index contributed by atoms with van der Waals surface area (Å²) in [6, 6.07) is 9.47. The Morgan fingerprint density at radius 2 is 2.06 bits per heavy atom. The highest BCUT2D eigenvalue weighted by atomic mass is 32.1. The lowest BCUT2D eigenvalue weighted by Crippen LogP contribution is -2.13. The molecule has 0 aliphatic rings. The average molecular weight is 245 g/mol. The number of thiazole rings is 1. The van der Waals surface area contributed by atoms with Crippen LogP contribution in [0.3, 0.4) is 0 Å². The summed E-state index contributed by atoms with van der Waals surface area (Å²) >= 11 is 1.67. The van der Waals surface area contributed by atoms with Crippen LogP contribution in [0.5, 0.6) is 0 Å². The number of nitrogens with zero attached hydrogens (tertiary/aromatic N) is 1. The quantitative estimate of drug-likeness (QED) is 0.771. The van der Waals surface area contributed by atoms with Crippen molar-refractivity contribution >= 4 is 17.1 Å². The molecule has 0 spiro atoms. The smallest absolute Gasteiger partial charge is 0.166 e. The van der Waals surface area contributed by atoms with Crippen LogP contribution in [0.15, 0.2) is 36.5 Å². The molecule has 17 heavy (non-hydrogen) atoms. The fraction of sp³-hybridized carbons (Fsp3) is 0.286. The lowest BCUT2D eigenvalue weighted by Gasteiger charge is -2.08. The molecule has 1 aromatic carbocycles. The number of Topliss-reactive ketones (excluding diaryl/α,β-unsaturated/α-hetero) is 1. The first kappa shape index (κ1) is 12.0. The van der Waals surface area contributed by atoms with Gasteiger partial charge >= 0.3 is 0 Å². The second-order valence-electron chi connectivity index (χ2n) is 4.18. The summed E-state index contributed by atoms with van der Waals surface area (Å²) in [6.07, 6.45) is 2.65. The Morgan fingerprint density at radius 3 is 2.65 bits per heavy atom. The molecule has 3 heteroatoms. The Balaban J connectivity index is 2.06. The molecule has 0 radical (unpaired) electrons. The van der Waals surface area contributed by atoms with Crippen molar-refractivity contribution in [3.8, 4) is 0 Å². The lowest BCUT2D eigenvalue weighted by atomic mass is 9.96. The van der Waals surface area contributed by atoms with Gasteiger partial charge in [0.2, 0.25) is 0 Å². The third kappa shape index (κ3) is 3.01. The molecule has 0 aliphatic heterocycles. The average Bonchev–Trinajstić information content (AvgIpc) is 2.75. The van der Waals surface area contributed by atoms with Crippen LogP contribution >= 0.6 is 11.3 Å². The SMILES string of the molecule is Cc1ncc(CC(C)C(=O)c2ccccc2)s1. The van der Waals surface area contributed by atoms with E-state index in [9.17, 15) is 4.79 Å². The molecule has 0 aliphatic carbocycles. The number of carbonyl (C=O) groups excluding carboxylic acids is 1. The Kier molecular flexibility index (Phi) is 3.69. The summed E-state index contributed by atoms with van der Waals surface area (Å²) in [7, 11) is 0. The van der Waals surface area contributed by atoms with Crippen molar-refractivity contribution in [1.29, 1.82) is 0 Å². The summed E-state index contributed by atoms with van der Waals surface area (Å²) in [5, 5.41) is 1.05. The van der Waals surface area contributed by atoms with Gasteiger partial charge in [0.25, 0.3) is 0 Å². The van der Waals surface area contributed by atoms with Gasteiger partial charge in [-0.15, -0.1) is 11.3 Å². The fourth-order valence-corrected chi connectivity index (χ4v) is 2.70. The van der Waals surface area contributed by atoms with E-state index in [2.05, 4.69) is 4.98 Å². The highest BCUT2D eigenvalue weighted by Gasteiger charge is 2.16. The van der Waals surface area contributed by atoms with E-state index >= 15 is 0 Å². The Bertz CT molecular complexity index is 504. The van der Waals surface area contributed by atoms with E-state index in [-0.39, 0.29) is 11.7 Å². The summed E-state index contributed by atoms with van der Waals surface area (Å²) in [5.74, 6) is 0.217. The van der Waals surface area contributed by atoms with E-state index in [4.69, 9.17) is 0 Å². The highest BCUT2D eigenvalue weighted by Crippen LogP contribution is 2.19. The maximum atomic E-state index is 12.1. The largest absolute Gasteiger partial charge is 0.294 e. The maximum Gasteiger partial charge on any atom is 0.166 e. The number of hydrogen-bond acceptors (Lipinski definition) is 3. The van der Waals surface area contributed by atoms with Crippen LogP contribution in [0.2, 0.25) is 0 Å². The van der Waals surface area contributed by atoms with Crippen LogP contribution in [0.1, 0.15) is 27.2 Å². The maximum absolute atomic E-state index is 12.1. The third-order valence-electron chi connectivity index (χ3n) is 2.68. The summed E-state index contributed by atoms with van der Waals surface area (Å²) in [5.41, 5.74) is 0.793. The van der Waals surface area contributed by atoms with Crippen LogP contribution in [0.25, 0.3) is 0 Å². The molecule has 0 saturated carbocycles. The van der Waals surface area contributed by atoms with E-state index in [1.165, 1.54) is 4.88 Å². The van der Waals surface area contributed by atoms with E-state index in [0.717, 1.165) is 17.0 Å². The second kappa shape index (κ2) is 5.23. The Morgan fingerprint density at radius 1 is 1.35 bits per heavy atom. The summed E-state index contributed by atoms with van der Waals surface area (Å²) in [4.78, 5) is 17.5. The van der Waals surface area contributed by atoms with Crippen molar-refractivity contribution in [2.45, 2.75) is 20.3 Å². The van der Waals surface area contributed by atoms with Gasteiger partial charge in [0.15, 0.2) is 5.78 Å². The molecule has 2 nitrogen and oxygen atoms in total. The van der Waals surface area contributed by atoms with Gasteiger partial charge in [-0.25, -0.2) is 4.98 Å². The molecular weight excluding hydrogens is 230 g/mol. The Hall–Kier alpha value is -1.48. The minimum atomic E-state index is 0.0113. The molecular formula is C14H15NOS. The molecule has 1 aromatic heterocycles. The van der Waals surface area contributed by atoms with E-state index < -0.39 is 0 Å². The Labute approximate surface area is 105 Å². The summed E-state index contributed by atoms with van der Waals surface area (Å²) < 4.78 is 0.